The number of carbonyl (C=O) groups excluding carboxylic acids is 1. The van der Waals surface area contributed by atoms with Crippen LogP contribution in [0.25, 0.3) is 6.08 Å². The first-order chi connectivity index (χ1) is 8.31. The van der Waals surface area contributed by atoms with Crippen LogP contribution in [0.1, 0.15) is 11.1 Å². The highest BCUT2D eigenvalue weighted by atomic mass is 32.2. The third-order valence-corrected chi connectivity index (χ3v) is 3.80. The van der Waals surface area contributed by atoms with Crippen molar-refractivity contribution in [2.75, 3.05) is 13.6 Å². The van der Waals surface area contributed by atoms with Crippen molar-refractivity contribution in [3.8, 4) is 0 Å². The molecule has 0 saturated heterocycles. The maximum atomic E-state index is 11.7. The first kappa shape index (κ1) is 14.4. The molecule has 2 N–H and O–H groups in total. The standard InChI is InChI=1S/C12H16N2O3S/c1-10-3-5-11(6-4-10)7-8-18(16,17)14(2)9-12(13)15/h3-8H,9H2,1-2H3,(H2,13,15). The Hall–Kier alpha value is -1.66. The Kier molecular flexibility index (Phi) is 4.63. The van der Waals surface area contributed by atoms with Gasteiger partial charge in [0.15, 0.2) is 0 Å². The summed E-state index contributed by atoms with van der Waals surface area (Å²) in [7, 11) is -2.31. The topological polar surface area (TPSA) is 80.5 Å². The Morgan fingerprint density at radius 2 is 1.89 bits per heavy atom. The van der Waals surface area contributed by atoms with Crippen LogP contribution in [0.4, 0.5) is 0 Å². The van der Waals surface area contributed by atoms with Crippen LogP contribution in [0.2, 0.25) is 0 Å². The minimum absolute atomic E-state index is 0.333. The second kappa shape index (κ2) is 5.79. The van der Waals surface area contributed by atoms with E-state index in [2.05, 4.69) is 0 Å². The Bertz CT molecular complexity index is 547. The van der Waals surface area contributed by atoms with E-state index in [0.29, 0.717) is 0 Å². The molecule has 0 aliphatic carbocycles. The van der Waals surface area contributed by atoms with E-state index in [-0.39, 0.29) is 6.54 Å². The Labute approximate surface area is 107 Å². The second-order valence-corrected chi connectivity index (χ2v) is 5.91. The average Bonchev–Trinajstić information content (AvgIpc) is 2.27. The minimum atomic E-state index is -3.61. The maximum absolute atomic E-state index is 11.7. The van der Waals surface area contributed by atoms with Crippen LogP contribution in [0, 0.1) is 6.92 Å². The molecule has 1 aromatic rings. The fourth-order valence-corrected chi connectivity index (χ4v) is 2.10. The van der Waals surface area contributed by atoms with E-state index in [0.717, 1.165) is 20.8 Å². The average molecular weight is 268 g/mol. The summed E-state index contributed by atoms with van der Waals surface area (Å²) >= 11 is 0. The zero-order valence-corrected chi connectivity index (χ0v) is 11.1. The van der Waals surface area contributed by atoms with Crippen molar-refractivity contribution < 1.29 is 13.2 Å². The molecule has 0 spiro atoms. The third-order valence-electron chi connectivity index (χ3n) is 2.32. The molecule has 6 heteroatoms. The summed E-state index contributed by atoms with van der Waals surface area (Å²) in [5.41, 5.74) is 6.82. The summed E-state index contributed by atoms with van der Waals surface area (Å²) in [4.78, 5) is 10.7. The molecule has 0 aliphatic heterocycles. The number of hydrogen-bond acceptors (Lipinski definition) is 3. The number of carbonyl (C=O) groups is 1. The lowest BCUT2D eigenvalue weighted by atomic mass is 10.2. The molecule has 0 bridgehead atoms. The van der Waals surface area contributed by atoms with Crippen molar-refractivity contribution in [2.45, 2.75) is 6.92 Å². The van der Waals surface area contributed by atoms with Crippen LogP contribution in [0.5, 0.6) is 0 Å². The van der Waals surface area contributed by atoms with Crippen LogP contribution >= 0.6 is 0 Å². The van der Waals surface area contributed by atoms with E-state index >= 15 is 0 Å². The van der Waals surface area contributed by atoms with Crippen molar-refractivity contribution in [2.24, 2.45) is 5.73 Å². The van der Waals surface area contributed by atoms with E-state index in [1.807, 2.05) is 31.2 Å². The summed E-state index contributed by atoms with van der Waals surface area (Å²) < 4.78 is 24.4. The first-order valence-electron chi connectivity index (χ1n) is 5.30. The third kappa shape index (κ3) is 4.31. The van der Waals surface area contributed by atoms with Gasteiger partial charge in [-0.15, -0.1) is 0 Å². The number of nitrogens with zero attached hydrogens (tertiary/aromatic N) is 1. The van der Waals surface area contributed by atoms with Gasteiger partial charge in [0, 0.05) is 12.5 Å². The monoisotopic (exact) mass is 268 g/mol. The number of sulfonamides is 1. The molecule has 5 nitrogen and oxygen atoms in total. The normalized spacial score (nSPS) is 12.2. The maximum Gasteiger partial charge on any atom is 0.236 e. The van der Waals surface area contributed by atoms with Gasteiger partial charge in [0.05, 0.1) is 6.54 Å². The molecular weight excluding hydrogens is 252 g/mol. The molecule has 0 radical (unpaired) electrons. The Morgan fingerprint density at radius 3 is 2.39 bits per heavy atom. The fourth-order valence-electron chi connectivity index (χ4n) is 1.26. The molecule has 98 valence electrons. The lowest BCUT2D eigenvalue weighted by Gasteiger charge is -2.11. The molecule has 1 rings (SSSR count). The van der Waals surface area contributed by atoms with Gasteiger partial charge in [-0.25, -0.2) is 8.42 Å². The summed E-state index contributed by atoms with van der Waals surface area (Å²) in [6, 6.07) is 7.41. The van der Waals surface area contributed by atoms with Crippen LogP contribution in [0.15, 0.2) is 29.7 Å². The number of hydrogen-bond donors (Lipinski definition) is 1. The molecule has 1 aromatic carbocycles. The molecule has 0 aliphatic rings. The largest absolute Gasteiger partial charge is 0.369 e. The van der Waals surface area contributed by atoms with Crippen LogP contribution in [-0.2, 0) is 14.8 Å². The number of benzene rings is 1. The van der Waals surface area contributed by atoms with E-state index in [4.69, 9.17) is 5.73 Å². The quantitative estimate of drug-likeness (QED) is 0.854. The molecule has 18 heavy (non-hydrogen) atoms. The lowest BCUT2D eigenvalue weighted by Crippen LogP contribution is -2.34. The highest BCUT2D eigenvalue weighted by molar-refractivity contribution is 7.92. The van der Waals surface area contributed by atoms with Gasteiger partial charge in [0.25, 0.3) is 0 Å². The van der Waals surface area contributed by atoms with Crippen molar-refractivity contribution in [1.29, 1.82) is 0 Å². The van der Waals surface area contributed by atoms with Crippen molar-refractivity contribution in [3.63, 3.8) is 0 Å². The number of likely N-dealkylation sites (N-methyl/N-ethyl adjacent to an activating group) is 1. The number of nitrogens with two attached hydrogens (primary N) is 1. The van der Waals surface area contributed by atoms with E-state index in [9.17, 15) is 13.2 Å². The Balaban J connectivity index is 2.82. The minimum Gasteiger partial charge on any atom is -0.369 e. The number of amides is 1. The van der Waals surface area contributed by atoms with Gasteiger partial charge in [-0.1, -0.05) is 29.8 Å². The van der Waals surface area contributed by atoms with Crippen molar-refractivity contribution in [1.82, 2.24) is 4.31 Å². The smallest absolute Gasteiger partial charge is 0.236 e. The predicted octanol–water partition coefficient (Wildman–Crippen LogP) is 0.713. The lowest BCUT2D eigenvalue weighted by molar-refractivity contribution is -0.118. The van der Waals surface area contributed by atoms with Crippen LogP contribution < -0.4 is 5.73 Å². The molecule has 0 aromatic heterocycles. The van der Waals surface area contributed by atoms with Crippen LogP contribution in [-0.4, -0.2) is 32.2 Å². The molecule has 0 atom stereocenters. The van der Waals surface area contributed by atoms with Gasteiger partial charge < -0.3 is 5.73 Å². The van der Waals surface area contributed by atoms with E-state index < -0.39 is 15.9 Å². The van der Waals surface area contributed by atoms with Gasteiger partial charge in [-0.2, -0.15) is 4.31 Å². The van der Waals surface area contributed by atoms with Crippen molar-refractivity contribution >= 4 is 22.0 Å². The molecular formula is C12H16N2O3S. The summed E-state index contributed by atoms with van der Waals surface area (Å²) in [5.74, 6) is -0.690. The van der Waals surface area contributed by atoms with E-state index in [1.165, 1.54) is 13.1 Å². The molecule has 0 saturated carbocycles. The molecule has 0 unspecified atom stereocenters. The number of aryl methyl sites for hydroxylation is 1. The van der Waals surface area contributed by atoms with Gasteiger partial charge in [-0.3, -0.25) is 4.79 Å². The van der Waals surface area contributed by atoms with Gasteiger partial charge in [-0.05, 0) is 18.6 Å². The number of primary amides is 1. The summed E-state index contributed by atoms with van der Waals surface area (Å²) in [5, 5.41) is 1.06. The Morgan fingerprint density at radius 1 is 1.33 bits per heavy atom. The SMILES string of the molecule is Cc1ccc(C=CS(=O)(=O)N(C)CC(N)=O)cc1. The zero-order valence-electron chi connectivity index (χ0n) is 10.3. The molecule has 0 fully saturated rings. The second-order valence-electron chi connectivity index (χ2n) is 3.98. The van der Waals surface area contributed by atoms with E-state index in [1.54, 1.807) is 0 Å². The molecule has 1 amide bonds. The number of rotatable bonds is 5. The zero-order chi connectivity index (χ0) is 13.8. The summed E-state index contributed by atoms with van der Waals surface area (Å²) in [6.07, 6.45) is 1.48. The first-order valence-corrected chi connectivity index (χ1v) is 6.81. The fraction of sp³-hybridized carbons (Fsp3) is 0.250. The highest BCUT2D eigenvalue weighted by Gasteiger charge is 2.15. The summed E-state index contributed by atoms with van der Waals surface area (Å²) in [6.45, 7) is 1.62. The van der Waals surface area contributed by atoms with Gasteiger partial charge in [0.1, 0.15) is 0 Å². The molecule has 0 heterocycles. The van der Waals surface area contributed by atoms with Gasteiger partial charge in [0.2, 0.25) is 15.9 Å². The predicted molar refractivity (Wildman–Crippen MR) is 71.0 cm³/mol. The van der Waals surface area contributed by atoms with Crippen LogP contribution in [0.3, 0.4) is 0 Å². The van der Waals surface area contributed by atoms with Crippen molar-refractivity contribution in [3.05, 3.63) is 40.8 Å². The van der Waals surface area contributed by atoms with Gasteiger partial charge >= 0.3 is 0 Å². The highest BCUT2D eigenvalue weighted by Crippen LogP contribution is 2.08.